The Morgan fingerprint density at radius 3 is 2.81 bits per heavy atom. The molecule has 1 aliphatic carbocycles. The molecule has 0 heterocycles. The van der Waals surface area contributed by atoms with Crippen molar-refractivity contribution in [3.05, 3.63) is 63.1 Å². The van der Waals surface area contributed by atoms with Crippen LogP contribution in [-0.2, 0) is 12.3 Å². The first-order valence-corrected chi connectivity index (χ1v) is 9.25. The minimum Gasteiger partial charge on any atom is -0.310 e. The van der Waals surface area contributed by atoms with Gasteiger partial charge in [0.25, 0.3) is 0 Å². The maximum Gasteiger partial charge on any atom is 0.0457 e. The monoisotopic (exact) mass is 381 g/mol. The van der Waals surface area contributed by atoms with Crippen LogP contribution >= 0.6 is 39.3 Å². The molecular formula is C17H17BrClNS. The molecule has 0 aliphatic heterocycles. The van der Waals surface area contributed by atoms with Crippen molar-refractivity contribution in [3.8, 4) is 0 Å². The number of nitrogens with one attached hydrogen (secondary N) is 1. The zero-order valence-corrected chi connectivity index (χ0v) is 14.8. The van der Waals surface area contributed by atoms with Gasteiger partial charge in [-0.15, -0.1) is 11.8 Å². The lowest BCUT2D eigenvalue weighted by atomic mass is 10.2. The van der Waals surface area contributed by atoms with Gasteiger partial charge >= 0.3 is 0 Å². The summed E-state index contributed by atoms with van der Waals surface area (Å²) in [6.45, 7) is 0.970. The molecule has 1 aliphatic rings. The minimum atomic E-state index is 0.753. The molecule has 2 aromatic rings. The predicted octanol–water partition coefficient (Wildman–Crippen LogP) is 5.65. The van der Waals surface area contributed by atoms with Crippen molar-refractivity contribution in [2.75, 3.05) is 0 Å². The summed E-state index contributed by atoms with van der Waals surface area (Å²) in [5.74, 6) is 0.894. The van der Waals surface area contributed by atoms with E-state index in [2.05, 4.69) is 51.6 Å². The minimum absolute atomic E-state index is 0.753. The van der Waals surface area contributed by atoms with Crippen LogP contribution in [0.2, 0.25) is 5.02 Å². The summed E-state index contributed by atoms with van der Waals surface area (Å²) in [4.78, 5) is 1.30. The average Bonchev–Trinajstić information content (AvgIpc) is 3.29. The Bertz CT molecular complexity index is 628. The van der Waals surface area contributed by atoms with Crippen molar-refractivity contribution < 1.29 is 0 Å². The summed E-state index contributed by atoms with van der Waals surface area (Å²) >= 11 is 11.5. The van der Waals surface area contributed by atoms with Crippen LogP contribution in [0.3, 0.4) is 0 Å². The first-order valence-electron chi connectivity index (χ1n) is 7.10. The standard InChI is InChI=1S/C17H17BrClNS/c18-14-5-4-13(17(19)9-14)11-21-16-3-1-2-12(8-16)10-20-15-6-7-15/h1-5,8-9,15,20H,6-7,10-11H2. The number of hydrogen-bond acceptors (Lipinski definition) is 2. The molecule has 0 bridgehead atoms. The van der Waals surface area contributed by atoms with Gasteiger partial charge in [0.05, 0.1) is 0 Å². The lowest BCUT2D eigenvalue weighted by Crippen LogP contribution is -2.15. The van der Waals surface area contributed by atoms with E-state index in [4.69, 9.17) is 11.6 Å². The molecule has 0 radical (unpaired) electrons. The fourth-order valence-electron chi connectivity index (χ4n) is 2.09. The maximum absolute atomic E-state index is 6.27. The summed E-state index contributed by atoms with van der Waals surface area (Å²) in [6.07, 6.45) is 2.66. The van der Waals surface area contributed by atoms with Gasteiger partial charge in [-0.1, -0.05) is 45.7 Å². The molecule has 1 saturated carbocycles. The van der Waals surface area contributed by atoms with E-state index in [9.17, 15) is 0 Å². The highest BCUT2D eigenvalue weighted by molar-refractivity contribution is 9.10. The first-order chi connectivity index (χ1) is 10.2. The summed E-state index contributed by atoms with van der Waals surface area (Å²) in [5, 5.41) is 4.38. The highest BCUT2D eigenvalue weighted by Gasteiger charge is 2.19. The van der Waals surface area contributed by atoms with E-state index < -0.39 is 0 Å². The van der Waals surface area contributed by atoms with Crippen molar-refractivity contribution in [2.45, 2.75) is 36.1 Å². The van der Waals surface area contributed by atoms with Crippen LogP contribution in [0.15, 0.2) is 51.8 Å². The largest absolute Gasteiger partial charge is 0.310 e. The smallest absolute Gasteiger partial charge is 0.0457 e. The SMILES string of the molecule is Clc1cc(Br)ccc1CSc1cccc(CNC2CC2)c1. The van der Waals surface area contributed by atoms with Crippen molar-refractivity contribution in [1.82, 2.24) is 5.32 Å². The third-order valence-electron chi connectivity index (χ3n) is 3.48. The number of halogens is 2. The van der Waals surface area contributed by atoms with E-state index in [-0.39, 0.29) is 0 Å². The van der Waals surface area contributed by atoms with E-state index in [0.29, 0.717) is 0 Å². The fraction of sp³-hybridized carbons (Fsp3) is 0.294. The molecular weight excluding hydrogens is 366 g/mol. The van der Waals surface area contributed by atoms with E-state index >= 15 is 0 Å². The number of rotatable bonds is 6. The highest BCUT2D eigenvalue weighted by atomic mass is 79.9. The Kier molecular flexibility index (Phi) is 5.28. The molecule has 0 aromatic heterocycles. The third kappa shape index (κ3) is 4.75. The zero-order chi connectivity index (χ0) is 14.7. The molecule has 4 heteroatoms. The van der Waals surface area contributed by atoms with Crippen molar-refractivity contribution >= 4 is 39.3 Å². The second-order valence-electron chi connectivity index (χ2n) is 5.33. The van der Waals surface area contributed by atoms with Gasteiger partial charge in [-0.3, -0.25) is 0 Å². The van der Waals surface area contributed by atoms with E-state index in [1.54, 1.807) is 0 Å². The van der Waals surface area contributed by atoms with Crippen LogP contribution in [0.5, 0.6) is 0 Å². The molecule has 110 valence electrons. The van der Waals surface area contributed by atoms with Crippen LogP contribution in [0.25, 0.3) is 0 Å². The fourth-order valence-corrected chi connectivity index (χ4v) is 3.90. The van der Waals surface area contributed by atoms with Gasteiger partial charge in [-0.25, -0.2) is 0 Å². The summed E-state index contributed by atoms with van der Waals surface area (Å²) in [7, 11) is 0. The van der Waals surface area contributed by atoms with Crippen LogP contribution in [-0.4, -0.2) is 6.04 Å². The lowest BCUT2D eigenvalue weighted by Gasteiger charge is -2.07. The average molecular weight is 383 g/mol. The lowest BCUT2D eigenvalue weighted by molar-refractivity contribution is 0.687. The van der Waals surface area contributed by atoms with Gasteiger partial charge in [0.1, 0.15) is 0 Å². The van der Waals surface area contributed by atoms with Crippen LogP contribution in [0.1, 0.15) is 24.0 Å². The van der Waals surface area contributed by atoms with Crippen molar-refractivity contribution in [3.63, 3.8) is 0 Å². The Morgan fingerprint density at radius 2 is 2.05 bits per heavy atom. The van der Waals surface area contributed by atoms with E-state index in [1.165, 1.54) is 28.9 Å². The first kappa shape index (κ1) is 15.4. The highest BCUT2D eigenvalue weighted by Crippen LogP contribution is 2.29. The van der Waals surface area contributed by atoms with Crippen LogP contribution < -0.4 is 5.32 Å². The molecule has 1 fully saturated rings. The summed E-state index contributed by atoms with van der Waals surface area (Å²) in [5.41, 5.74) is 2.53. The Morgan fingerprint density at radius 1 is 1.19 bits per heavy atom. The predicted molar refractivity (Wildman–Crippen MR) is 95.0 cm³/mol. The third-order valence-corrected chi connectivity index (χ3v) is 5.37. The van der Waals surface area contributed by atoms with Gasteiger partial charge in [0.2, 0.25) is 0 Å². The van der Waals surface area contributed by atoms with Crippen molar-refractivity contribution in [2.24, 2.45) is 0 Å². The molecule has 0 amide bonds. The maximum atomic E-state index is 6.27. The quantitative estimate of drug-likeness (QED) is 0.648. The van der Waals surface area contributed by atoms with Crippen molar-refractivity contribution in [1.29, 1.82) is 0 Å². The molecule has 1 nitrogen and oxygen atoms in total. The Labute approximate surface area is 143 Å². The molecule has 1 N–H and O–H groups in total. The molecule has 0 unspecified atom stereocenters. The van der Waals surface area contributed by atoms with E-state index in [0.717, 1.165) is 27.8 Å². The molecule has 0 spiro atoms. The number of benzene rings is 2. The molecule has 0 atom stereocenters. The van der Waals surface area contributed by atoms with Gasteiger partial charge in [0, 0.05) is 32.7 Å². The molecule has 21 heavy (non-hydrogen) atoms. The second kappa shape index (κ2) is 7.19. The van der Waals surface area contributed by atoms with Gasteiger partial charge in [-0.2, -0.15) is 0 Å². The van der Waals surface area contributed by atoms with Crippen LogP contribution in [0.4, 0.5) is 0 Å². The normalized spacial score (nSPS) is 14.4. The molecule has 2 aromatic carbocycles. The van der Waals surface area contributed by atoms with E-state index in [1.807, 2.05) is 23.9 Å². The zero-order valence-electron chi connectivity index (χ0n) is 11.6. The number of hydrogen-bond donors (Lipinski definition) is 1. The topological polar surface area (TPSA) is 12.0 Å². The number of thioether (sulfide) groups is 1. The molecule has 0 saturated heterocycles. The Hall–Kier alpha value is -0.480. The van der Waals surface area contributed by atoms with Gasteiger partial charge < -0.3 is 5.32 Å². The second-order valence-corrected chi connectivity index (χ2v) is 7.70. The molecule has 3 rings (SSSR count). The van der Waals surface area contributed by atoms with Gasteiger partial charge in [-0.05, 0) is 48.2 Å². The summed E-state index contributed by atoms with van der Waals surface area (Å²) < 4.78 is 1.02. The van der Waals surface area contributed by atoms with Crippen LogP contribution in [0, 0.1) is 0 Å². The Balaban J connectivity index is 1.60. The summed E-state index contributed by atoms with van der Waals surface area (Å²) in [6, 6.07) is 15.6. The van der Waals surface area contributed by atoms with Gasteiger partial charge in [0.15, 0.2) is 0 Å².